The van der Waals surface area contributed by atoms with Gasteiger partial charge >= 0.3 is 0 Å². The number of carbonyl (C=O) groups excluding carboxylic acids is 2. The maximum absolute atomic E-state index is 12.6. The zero-order valence-electron chi connectivity index (χ0n) is 18.5. The van der Waals surface area contributed by atoms with Crippen LogP contribution in [0.5, 0.6) is 5.75 Å². The van der Waals surface area contributed by atoms with E-state index in [0.29, 0.717) is 32.2 Å². The van der Waals surface area contributed by atoms with Crippen LogP contribution in [0.4, 0.5) is 11.4 Å². The lowest BCUT2D eigenvalue weighted by molar-refractivity contribution is -0.118. The Labute approximate surface area is 211 Å². The van der Waals surface area contributed by atoms with E-state index in [1.807, 2.05) is 38.1 Å². The number of rotatable bonds is 7. The van der Waals surface area contributed by atoms with Gasteiger partial charge in [-0.05, 0) is 89.4 Å². The van der Waals surface area contributed by atoms with Crippen molar-refractivity contribution in [3.05, 3.63) is 92.4 Å². The van der Waals surface area contributed by atoms with Gasteiger partial charge in [0.05, 0.1) is 4.47 Å². The molecule has 6 nitrogen and oxygen atoms in total. The molecule has 0 radical (unpaired) electrons. The zero-order valence-corrected chi connectivity index (χ0v) is 20.8. The zero-order chi connectivity index (χ0) is 24.7. The summed E-state index contributed by atoms with van der Waals surface area (Å²) in [5.74, 6) is -0.376. The molecule has 2 amide bonds. The number of nitrogens with one attached hydrogen (secondary N) is 2. The predicted molar refractivity (Wildman–Crippen MR) is 138 cm³/mol. The molecule has 0 unspecified atom stereocenters. The van der Waals surface area contributed by atoms with Crippen molar-refractivity contribution >= 4 is 56.8 Å². The minimum Gasteiger partial charge on any atom is -0.483 e. The van der Waals surface area contributed by atoms with Crippen molar-refractivity contribution in [2.45, 2.75) is 13.8 Å². The molecule has 3 aromatic rings. The topological polar surface area (TPSA) is 91.2 Å². The molecule has 0 aromatic heterocycles. The highest BCUT2D eigenvalue weighted by Crippen LogP contribution is 2.27. The van der Waals surface area contributed by atoms with Gasteiger partial charge in [0.15, 0.2) is 6.61 Å². The van der Waals surface area contributed by atoms with Gasteiger partial charge in [0.25, 0.3) is 11.8 Å². The fourth-order valence-electron chi connectivity index (χ4n) is 3.06. The number of nitrogens with zero attached hydrogens (tertiary/aromatic N) is 1. The Morgan fingerprint density at radius 3 is 2.44 bits per heavy atom. The molecule has 0 saturated heterocycles. The Kier molecular flexibility index (Phi) is 8.47. The highest BCUT2D eigenvalue weighted by atomic mass is 79.9. The minimum atomic E-state index is -0.496. The second-order valence-electron chi connectivity index (χ2n) is 7.48. The van der Waals surface area contributed by atoms with Crippen molar-refractivity contribution in [2.75, 3.05) is 17.2 Å². The van der Waals surface area contributed by atoms with Gasteiger partial charge in [0, 0.05) is 16.4 Å². The third-order valence-corrected chi connectivity index (χ3v) is 5.62. The van der Waals surface area contributed by atoms with Crippen molar-refractivity contribution in [2.24, 2.45) is 0 Å². The summed E-state index contributed by atoms with van der Waals surface area (Å²) >= 11 is 9.25. The first-order chi connectivity index (χ1) is 16.2. The Morgan fingerprint density at radius 2 is 1.79 bits per heavy atom. The molecule has 0 spiro atoms. The van der Waals surface area contributed by atoms with E-state index in [9.17, 15) is 14.9 Å². The molecule has 0 heterocycles. The first kappa shape index (κ1) is 25.0. The second kappa shape index (κ2) is 11.5. The van der Waals surface area contributed by atoms with Crippen molar-refractivity contribution in [1.82, 2.24) is 0 Å². The summed E-state index contributed by atoms with van der Waals surface area (Å²) < 4.78 is 6.16. The number of halogens is 2. The van der Waals surface area contributed by atoms with Crippen molar-refractivity contribution in [3.8, 4) is 11.8 Å². The van der Waals surface area contributed by atoms with Crippen LogP contribution in [0.25, 0.3) is 6.08 Å². The molecule has 8 heteroatoms. The smallest absolute Gasteiger partial charge is 0.266 e. The molecule has 0 fully saturated rings. The molecule has 3 rings (SSSR count). The molecule has 0 aliphatic heterocycles. The number of hydrogen-bond acceptors (Lipinski definition) is 4. The summed E-state index contributed by atoms with van der Waals surface area (Å²) in [6, 6.07) is 19.4. The Bertz CT molecular complexity index is 1300. The lowest BCUT2D eigenvalue weighted by Gasteiger charge is -2.10. The summed E-state index contributed by atoms with van der Waals surface area (Å²) in [5.41, 5.74) is 3.84. The lowest BCUT2D eigenvalue weighted by Crippen LogP contribution is -2.20. The molecule has 172 valence electrons. The SMILES string of the molecule is Cc1ccc(NC(=O)/C(C#N)=C/c2ccc(OCC(=O)Nc3ccc(Cl)cc3)c(Br)c2)c(C)c1. The summed E-state index contributed by atoms with van der Waals surface area (Å²) in [4.78, 5) is 24.7. The van der Waals surface area contributed by atoms with E-state index in [1.165, 1.54) is 6.08 Å². The van der Waals surface area contributed by atoms with Crippen LogP contribution in [0, 0.1) is 25.2 Å². The molecule has 34 heavy (non-hydrogen) atoms. The number of ether oxygens (including phenoxy) is 1. The fraction of sp³-hybridized carbons (Fsp3) is 0.115. The number of anilines is 2. The van der Waals surface area contributed by atoms with E-state index < -0.39 is 5.91 Å². The predicted octanol–water partition coefficient (Wildman–Crippen LogP) is 6.28. The van der Waals surface area contributed by atoms with Gasteiger partial charge in [-0.25, -0.2) is 0 Å². The largest absolute Gasteiger partial charge is 0.483 e. The van der Waals surface area contributed by atoms with E-state index >= 15 is 0 Å². The molecule has 0 saturated carbocycles. The van der Waals surface area contributed by atoms with Crippen LogP contribution in [0.15, 0.2) is 70.7 Å². The third-order valence-electron chi connectivity index (χ3n) is 4.75. The van der Waals surface area contributed by atoms with Crippen molar-refractivity contribution < 1.29 is 14.3 Å². The van der Waals surface area contributed by atoms with Crippen LogP contribution in [-0.2, 0) is 9.59 Å². The number of benzene rings is 3. The number of aryl methyl sites for hydroxylation is 2. The Balaban J connectivity index is 1.64. The minimum absolute atomic E-state index is 0.0390. The molecule has 0 atom stereocenters. The summed E-state index contributed by atoms with van der Waals surface area (Å²) in [7, 11) is 0. The van der Waals surface area contributed by atoms with Crippen LogP contribution in [0.3, 0.4) is 0 Å². The monoisotopic (exact) mass is 537 g/mol. The second-order valence-corrected chi connectivity index (χ2v) is 8.77. The summed E-state index contributed by atoms with van der Waals surface area (Å²) in [6.07, 6.45) is 1.49. The van der Waals surface area contributed by atoms with E-state index in [-0.39, 0.29) is 18.1 Å². The van der Waals surface area contributed by atoms with Crippen LogP contribution >= 0.6 is 27.5 Å². The first-order valence-corrected chi connectivity index (χ1v) is 11.4. The van der Waals surface area contributed by atoms with Crippen LogP contribution in [0.2, 0.25) is 5.02 Å². The highest BCUT2D eigenvalue weighted by Gasteiger charge is 2.12. The van der Waals surface area contributed by atoms with Crippen LogP contribution in [0.1, 0.15) is 16.7 Å². The maximum atomic E-state index is 12.6. The van der Waals surface area contributed by atoms with Crippen molar-refractivity contribution in [1.29, 1.82) is 5.26 Å². The molecular formula is C26H21BrClN3O3. The fourth-order valence-corrected chi connectivity index (χ4v) is 3.69. The lowest BCUT2D eigenvalue weighted by atomic mass is 10.1. The molecule has 0 aliphatic rings. The quantitative estimate of drug-likeness (QED) is 0.273. The third kappa shape index (κ3) is 6.95. The van der Waals surface area contributed by atoms with Gasteiger partial charge in [0.1, 0.15) is 17.4 Å². The van der Waals surface area contributed by atoms with E-state index in [0.717, 1.165) is 11.1 Å². The standard InChI is InChI=1S/C26H21BrClN3O3/c1-16-3-9-23(17(2)11-16)31-26(33)19(14-29)12-18-4-10-24(22(27)13-18)34-15-25(32)30-21-7-5-20(28)6-8-21/h3-13H,15H2,1-2H3,(H,30,32)(H,31,33)/b19-12+. The summed E-state index contributed by atoms with van der Waals surface area (Å²) in [6.45, 7) is 3.67. The first-order valence-electron chi connectivity index (χ1n) is 10.2. The normalized spacial score (nSPS) is 10.9. The van der Waals surface area contributed by atoms with Crippen LogP contribution in [-0.4, -0.2) is 18.4 Å². The maximum Gasteiger partial charge on any atom is 0.266 e. The van der Waals surface area contributed by atoms with Crippen LogP contribution < -0.4 is 15.4 Å². The van der Waals surface area contributed by atoms with Gasteiger partial charge in [-0.2, -0.15) is 5.26 Å². The molecular weight excluding hydrogens is 518 g/mol. The number of amides is 2. The molecule has 3 aromatic carbocycles. The molecule has 0 bridgehead atoms. The van der Waals surface area contributed by atoms with Gasteiger partial charge in [-0.1, -0.05) is 35.4 Å². The van der Waals surface area contributed by atoms with E-state index in [2.05, 4.69) is 26.6 Å². The van der Waals surface area contributed by atoms with Gasteiger partial charge in [0.2, 0.25) is 0 Å². The summed E-state index contributed by atoms with van der Waals surface area (Å²) in [5, 5.41) is 15.6. The Hall–Kier alpha value is -3.60. The number of nitriles is 1. The average molecular weight is 539 g/mol. The van der Waals surface area contributed by atoms with Gasteiger partial charge in [-0.3, -0.25) is 9.59 Å². The molecule has 0 aliphatic carbocycles. The average Bonchev–Trinajstić information content (AvgIpc) is 2.80. The number of carbonyl (C=O) groups is 2. The van der Waals surface area contributed by atoms with E-state index in [4.69, 9.17) is 16.3 Å². The Morgan fingerprint density at radius 1 is 1.06 bits per heavy atom. The molecule has 2 N–H and O–H groups in total. The number of hydrogen-bond donors (Lipinski definition) is 2. The van der Waals surface area contributed by atoms with Gasteiger partial charge < -0.3 is 15.4 Å². The van der Waals surface area contributed by atoms with Gasteiger partial charge in [-0.15, -0.1) is 0 Å². The highest BCUT2D eigenvalue weighted by molar-refractivity contribution is 9.10. The van der Waals surface area contributed by atoms with Crippen molar-refractivity contribution in [3.63, 3.8) is 0 Å². The van der Waals surface area contributed by atoms with E-state index in [1.54, 1.807) is 42.5 Å².